The van der Waals surface area contributed by atoms with Crippen LogP contribution in [0.5, 0.6) is 0 Å². The lowest BCUT2D eigenvalue weighted by Gasteiger charge is -2.19. The number of anilines is 1. The van der Waals surface area contributed by atoms with Gasteiger partial charge in [-0.1, -0.05) is 32.3 Å². The second-order valence-electron chi connectivity index (χ2n) is 5.57. The molecule has 0 aliphatic carbocycles. The fourth-order valence-electron chi connectivity index (χ4n) is 2.09. The van der Waals surface area contributed by atoms with Gasteiger partial charge >= 0.3 is 0 Å². The van der Waals surface area contributed by atoms with Gasteiger partial charge in [0.1, 0.15) is 0 Å². The molecule has 110 valence electrons. The predicted molar refractivity (Wildman–Crippen MR) is 74.7 cm³/mol. The van der Waals surface area contributed by atoms with E-state index in [1.165, 1.54) is 0 Å². The van der Waals surface area contributed by atoms with E-state index in [-0.39, 0.29) is 5.41 Å². The van der Waals surface area contributed by atoms with Crippen LogP contribution in [0.4, 0.5) is 5.88 Å². The first kappa shape index (κ1) is 16.0. The highest BCUT2D eigenvalue weighted by molar-refractivity contribution is 5.28. The molecule has 2 heterocycles. The summed E-state index contributed by atoms with van der Waals surface area (Å²) in [7, 11) is 0. The number of ether oxygens (including phenoxy) is 1. The van der Waals surface area contributed by atoms with Gasteiger partial charge in [0, 0.05) is 18.1 Å². The molecule has 5 nitrogen and oxygen atoms in total. The molecule has 1 aromatic heterocycles. The fraction of sp³-hybridized carbons (Fsp3) is 0.786. The average molecular weight is 270 g/mol. The zero-order valence-corrected chi connectivity index (χ0v) is 12.2. The molecule has 1 aromatic rings. The quantitative estimate of drug-likeness (QED) is 0.882. The van der Waals surface area contributed by atoms with Crippen LogP contribution in [0.3, 0.4) is 0 Å². The van der Waals surface area contributed by atoms with Gasteiger partial charge in [0.15, 0.2) is 6.29 Å². The molecule has 0 amide bonds. The molecule has 1 atom stereocenters. The Bertz CT molecular complexity index is 357. The predicted octanol–water partition coefficient (Wildman–Crippen LogP) is 2.84. The summed E-state index contributed by atoms with van der Waals surface area (Å²) >= 11 is 0. The second-order valence-corrected chi connectivity index (χ2v) is 5.57. The lowest BCUT2D eigenvalue weighted by atomic mass is 9.85. The topological polar surface area (TPSA) is 81.5 Å². The molecule has 1 aliphatic rings. The van der Waals surface area contributed by atoms with Crippen LogP contribution in [0.25, 0.3) is 0 Å². The Labute approximate surface area is 115 Å². The molecule has 0 spiro atoms. The molecule has 1 aliphatic heterocycles. The van der Waals surface area contributed by atoms with E-state index in [4.69, 9.17) is 20.1 Å². The summed E-state index contributed by atoms with van der Waals surface area (Å²) in [4.78, 5) is 0. The molecule has 5 heteroatoms. The molecule has 1 fully saturated rings. The molecule has 19 heavy (non-hydrogen) atoms. The number of hydrogen-bond acceptors (Lipinski definition) is 5. The summed E-state index contributed by atoms with van der Waals surface area (Å²) in [6, 6.07) is 1.80. The zero-order valence-electron chi connectivity index (χ0n) is 12.2. The van der Waals surface area contributed by atoms with Crippen molar-refractivity contribution < 1.29 is 14.4 Å². The Morgan fingerprint density at radius 2 is 2.21 bits per heavy atom. The first-order chi connectivity index (χ1) is 8.95. The molecule has 0 bridgehead atoms. The minimum Gasteiger partial charge on any atom is -0.368 e. The standard InChI is InChI=1S/C9H16N2O.C5H10O2/c1-4-5-9(2,3)7-6-8(10)12-11-7;6-5-3-1-2-4-7-5/h6H,4-5,10H2,1-3H3;5-6H,1-4H2. The van der Waals surface area contributed by atoms with Crippen molar-refractivity contribution in [3.05, 3.63) is 11.8 Å². The van der Waals surface area contributed by atoms with Crippen LogP contribution in [0.15, 0.2) is 10.6 Å². The van der Waals surface area contributed by atoms with Gasteiger partial charge < -0.3 is 20.1 Å². The smallest absolute Gasteiger partial charge is 0.222 e. The lowest BCUT2D eigenvalue weighted by Crippen LogP contribution is -2.17. The van der Waals surface area contributed by atoms with Crippen LogP contribution in [0.2, 0.25) is 0 Å². The number of hydrogen-bond donors (Lipinski definition) is 2. The van der Waals surface area contributed by atoms with Gasteiger partial charge in [-0.2, -0.15) is 0 Å². The van der Waals surface area contributed by atoms with Crippen molar-refractivity contribution in [2.24, 2.45) is 0 Å². The van der Waals surface area contributed by atoms with Crippen molar-refractivity contribution in [3.63, 3.8) is 0 Å². The molecular weight excluding hydrogens is 244 g/mol. The van der Waals surface area contributed by atoms with Crippen molar-refractivity contribution in [1.82, 2.24) is 5.16 Å². The number of nitrogens with two attached hydrogens (primary N) is 1. The van der Waals surface area contributed by atoms with Crippen molar-refractivity contribution in [1.29, 1.82) is 0 Å². The summed E-state index contributed by atoms with van der Waals surface area (Å²) in [5, 5.41) is 12.6. The van der Waals surface area contributed by atoms with E-state index in [0.717, 1.165) is 44.4 Å². The molecule has 3 N–H and O–H groups in total. The minimum absolute atomic E-state index is 0.0792. The Morgan fingerprint density at radius 3 is 2.58 bits per heavy atom. The van der Waals surface area contributed by atoms with Gasteiger partial charge in [0.05, 0.1) is 5.69 Å². The van der Waals surface area contributed by atoms with Crippen molar-refractivity contribution >= 4 is 5.88 Å². The third-order valence-electron chi connectivity index (χ3n) is 3.25. The van der Waals surface area contributed by atoms with E-state index < -0.39 is 6.29 Å². The molecule has 1 saturated heterocycles. The maximum absolute atomic E-state index is 8.69. The number of aliphatic hydroxyl groups is 1. The number of rotatable bonds is 3. The summed E-state index contributed by atoms with van der Waals surface area (Å²) in [6.07, 6.45) is 4.81. The third-order valence-corrected chi connectivity index (χ3v) is 3.25. The monoisotopic (exact) mass is 270 g/mol. The van der Waals surface area contributed by atoms with E-state index in [1.54, 1.807) is 6.07 Å². The van der Waals surface area contributed by atoms with E-state index in [9.17, 15) is 0 Å². The molecule has 0 saturated carbocycles. The van der Waals surface area contributed by atoms with Gasteiger partial charge in [-0.05, 0) is 25.7 Å². The zero-order chi connectivity index (χ0) is 14.3. The first-order valence-corrected chi connectivity index (χ1v) is 6.98. The largest absolute Gasteiger partial charge is 0.368 e. The van der Waals surface area contributed by atoms with Crippen LogP contribution in [-0.4, -0.2) is 23.2 Å². The van der Waals surface area contributed by atoms with Gasteiger partial charge in [-0.15, -0.1) is 0 Å². The molecule has 2 rings (SSSR count). The summed E-state index contributed by atoms with van der Waals surface area (Å²) in [6.45, 7) is 7.19. The van der Waals surface area contributed by atoms with E-state index >= 15 is 0 Å². The average Bonchev–Trinajstić information content (AvgIpc) is 2.78. The third kappa shape index (κ3) is 5.61. The Kier molecular flexibility index (Phi) is 6.31. The normalized spacial score (nSPS) is 19.7. The van der Waals surface area contributed by atoms with Gasteiger partial charge in [-0.3, -0.25) is 0 Å². The highest BCUT2D eigenvalue weighted by Gasteiger charge is 2.23. The van der Waals surface area contributed by atoms with E-state index in [0.29, 0.717) is 5.88 Å². The van der Waals surface area contributed by atoms with Crippen LogP contribution in [0.1, 0.15) is 58.6 Å². The van der Waals surface area contributed by atoms with Crippen LogP contribution >= 0.6 is 0 Å². The summed E-state index contributed by atoms with van der Waals surface area (Å²) in [5.74, 6) is 0.397. The first-order valence-electron chi connectivity index (χ1n) is 6.98. The highest BCUT2D eigenvalue weighted by atomic mass is 16.6. The summed E-state index contributed by atoms with van der Waals surface area (Å²) < 4.78 is 9.66. The number of aromatic nitrogens is 1. The van der Waals surface area contributed by atoms with Crippen molar-refractivity contribution in [2.75, 3.05) is 12.3 Å². The second kappa shape index (κ2) is 7.50. The maximum Gasteiger partial charge on any atom is 0.222 e. The molecule has 0 radical (unpaired) electrons. The van der Waals surface area contributed by atoms with Crippen molar-refractivity contribution in [3.8, 4) is 0 Å². The molecular formula is C14H26N2O3. The van der Waals surface area contributed by atoms with Crippen LogP contribution in [-0.2, 0) is 10.2 Å². The number of nitrogens with zero attached hydrogens (tertiary/aromatic N) is 1. The lowest BCUT2D eigenvalue weighted by molar-refractivity contribution is -0.123. The van der Waals surface area contributed by atoms with Gasteiger partial charge in [0.25, 0.3) is 0 Å². The van der Waals surface area contributed by atoms with E-state index in [2.05, 4.69) is 25.9 Å². The minimum atomic E-state index is -0.464. The highest BCUT2D eigenvalue weighted by Crippen LogP contribution is 2.28. The van der Waals surface area contributed by atoms with Gasteiger partial charge in [-0.25, -0.2) is 0 Å². The fourth-order valence-corrected chi connectivity index (χ4v) is 2.09. The maximum atomic E-state index is 8.69. The molecule has 0 aromatic carbocycles. The van der Waals surface area contributed by atoms with Gasteiger partial charge in [0.2, 0.25) is 5.88 Å². The van der Waals surface area contributed by atoms with Crippen molar-refractivity contribution in [2.45, 2.75) is 64.6 Å². The van der Waals surface area contributed by atoms with Crippen LogP contribution in [0, 0.1) is 0 Å². The Balaban J connectivity index is 0.000000218. The summed E-state index contributed by atoms with van der Waals surface area (Å²) in [5.41, 5.74) is 6.47. The Morgan fingerprint density at radius 1 is 1.47 bits per heavy atom. The number of nitrogen functional groups attached to an aromatic ring is 1. The molecule has 1 unspecified atom stereocenters. The Hall–Kier alpha value is -1.07. The van der Waals surface area contributed by atoms with E-state index in [1.807, 2.05) is 0 Å². The van der Waals surface area contributed by atoms with Crippen LogP contribution < -0.4 is 5.73 Å². The number of aliphatic hydroxyl groups excluding tert-OH is 1. The SMILES string of the molecule is CCCC(C)(C)c1cc(N)on1.OC1CCCCO1.